The van der Waals surface area contributed by atoms with Crippen LogP contribution in [0.4, 0.5) is 17.3 Å². The van der Waals surface area contributed by atoms with Crippen molar-refractivity contribution < 1.29 is 14.3 Å². The fourth-order valence-electron chi connectivity index (χ4n) is 5.47. The van der Waals surface area contributed by atoms with Gasteiger partial charge in [-0.25, -0.2) is 14.3 Å². The Morgan fingerprint density at radius 2 is 1.90 bits per heavy atom. The summed E-state index contributed by atoms with van der Waals surface area (Å²) in [6.07, 6.45) is 7.21. The van der Waals surface area contributed by atoms with Gasteiger partial charge in [-0.1, -0.05) is 12.2 Å². The molecule has 0 unspecified atom stereocenters. The molecular weight excluding hydrogens is 510 g/mol. The van der Waals surface area contributed by atoms with Gasteiger partial charge in [-0.3, -0.25) is 14.5 Å². The van der Waals surface area contributed by atoms with E-state index in [2.05, 4.69) is 28.3 Å². The van der Waals surface area contributed by atoms with Gasteiger partial charge in [0.2, 0.25) is 5.95 Å². The highest BCUT2D eigenvalue weighted by atomic mass is 16.5. The molecule has 0 radical (unpaired) electrons. The molecule has 2 aromatic heterocycles. The third-order valence-electron chi connectivity index (χ3n) is 7.49. The highest BCUT2D eigenvalue weighted by molar-refractivity contribution is 5.98. The first-order valence-corrected chi connectivity index (χ1v) is 13.5. The minimum atomic E-state index is -0.185. The molecule has 0 atom stereocenters. The minimum absolute atomic E-state index is 0.0205. The predicted molar refractivity (Wildman–Crippen MR) is 151 cm³/mol. The molecule has 2 bridgehead atoms. The monoisotopic (exact) mass is 539 g/mol. The van der Waals surface area contributed by atoms with Crippen molar-refractivity contribution in [3.8, 4) is 17.2 Å². The maximum absolute atomic E-state index is 13.5. The predicted octanol–water partition coefficient (Wildman–Crippen LogP) is 3.23. The number of carbonyl (C=O) groups is 1. The number of benzene rings is 2. The van der Waals surface area contributed by atoms with E-state index in [-0.39, 0.29) is 18.1 Å². The number of aromatic nitrogens is 4. The van der Waals surface area contributed by atoms with Gasteiger partial charge in [0.25, 0.3) is 11.5 Å². The van der Waals surface area contributed by atoms with Gasteiger partial charge in [-0.15, -0.1) is 0 Å². The van der Waals surface area contributed by atoms with Gasteiger partial charge in [0.1, 0.15) is 23.5 Å². The van der Waals surface area contributed by atoms with Crippen LogP contribution in [0.1, 0.15) is 18.4 Å². The molecule has 1 amide bonds. The van der Waals surface area contributed by atoms with Crippen molar-refractivity contribution in [2.24, 2.45) is 0 Å². The van der Waals surface area contributed by atoms with E-state index in [0.29, 0.717) is 53.8 Å². The second-order valence-electron chi connectivity index (χ2n) is 10.3. The Morgan fingerprint density at radius 1 is 1.00 bits per heavy atom. The summed E-state index contributed by atoms with van der Waals surface area (Å²) < 4.78 is 15.0. The van der Waals surface area contributed by atoms with Crippen LogP contribution in [-0.4, -0.2) is 63.5 Å². The van der Waals surface area contributed by atoms with E-state index >= 15 is 0 Å². The van der Waals surface area contributed by atoms with Crippen molar-refractivity contribution in [2.75, 3.05) is 43.6 Å². The lowest BCUT2D eigenvalue weighted by atomic mass is 10.1. The molecule has 1 N–H and O–H groups in total. The molecule has 11 nitrogen and oxygen atoms in total. The number of amides is 1. The van der Waals surface area contributed by atoms with E-state index in [0.717, 1.165) is 42.9 Å². The largest absolute Gasteiger partial charge is 0.492 e. The number of anilines is 3. The Hall–Kier alpha value is -4.64. The number of hydrogen-bond acceptors (Lipinski definition) is 8. The van der Waals surface area contributed by atoms with Crippen LogP contribution in [0, 0.1) is 0 Å². The van der Waals surface area contributed by atoms with Crippen LogP contribution in [0.25, 0.3) is 16.7 Å². The number of ether oxygens (including phenoxy) is 2. The van der Waals surface area contributed by atoms with E-state index in [1.54, 1.807) is 20.5 Å². The zero-order chi connectivity index (χ0) is 27.2. The van der Waals surface area contributed by atoms with Gasteiger partial charge in [-0.05, 0) is 56.3 Å². The standard InChI is InChI=1S/C29H29N7O4/c1-33-12-13-39-24-8-6-20(14-19(24)17-33)31-29-30-16-22-27(32-29)36-21-7-9-25-23(15-21)34(26(37)18-40-25)10-4-2-3-5-11-35(36)28(22)38/h3,5-9,14-16H,2,4,10-13,17-18H2,1H3,(H,30,31,32). The van der Waals surface area contributed by atoms with Gasteiger partial charge in [-0.2, -0.15) is 4.98 Å². The Kier molecular flexibility index (Phi) is 6.00. The van der Waals surface area contributed by atoms with Gasteiger partial charge in [0, 0.05) is 37.1 Å². The Labute approximate surface area is 230 Å². The van der Waals surface area contributed by atoms with E-state index in [1.807, 2.05) is 42.5 Å². The maximum Gasteiger partial charge on any atom is 0.278 e. The molecular formula is C29H29N7O4. The SMILES string of the molecule is CN1CCOc2ccc(Nc3ncc4c(=O)n5n(c4n3)-c3ccc4c(c3)N(CCCC=CC5)C(=O)CO4)cc2C1. The zero-order valence-corrected chi connectivity index (χ0v) is 22.2. The molecule has 3 aliphatic rings. The van der Waals surface area contributed by atoms with Gasteiger partial charge in [0.15, 0.2) is 12.3 Å². The summed E-state index contributed by atoms with van der Waals surface area (Å²) in [4.78, 5) is 39.5. The van der Waals surface area contributed by atoms with E-state index in [1.165, 1.54) is 0 Å². The Balaban J connectivity index is 1.33. The molecule has 4 aromatic rings. The summed E-state index contributed by atoms with van der Waals surface area (Å²) in [7, 11) is 2.07. The van der Waals surface area contributed by atoms with E-state index in [9.17, 15) is 9.59 Å². The van der Waals surface area contributed by atoms with Crippen molar-refractivity contribution in [1.29, 1.82) is 0 Å². The molecule has 204 valence electrons. The quantitative estimate of drug-likeness (QED) is 0.387. The zero-order valence-electron chi connectivity index (χ0n) is 22.2. The van der Waals surface area contributed by atoms with Crippen LogP contribution >= 0.6 is 0 Å². The Morgan fingerprint density at radius 3 is 2.83 bits per heavy atom. The second-order valence-corrected chi connectivity index (χ2v) is 10.3. The summed E-state index contributed by atoms with van der Waals surface area (Å²) in [6, 6.07) is 11.6. The molecule has 0 aliphatic carbocycles. The number of rotatable bonds is 2. The minimum Gasteiger partial charge on any atom is -0.492 e. The number of fused-ring (bicyclic) bond motifs is 6. The second kappa shape index (κ2) is 9.83. The van der Waals surface area contributed by atoms with Crippen LogP contribution in [-0.2, 0) is 17.9 Å². The molecule has 0 fully saturated rings. The number of carbonyl (C=O) groups excluding carboxylic acids is 1. The molecule has 0 saturated heterocycles. The highest BCUT2D eigenvalue weighted by Crippen LogP contribution is 2.35. The van der Waals surface area contributed by atoms with Crippen molar-refractivity contribution in [3.63, 3.8) is 0 Å². The molecule has 0 saturated carbocycles. The lowest BCUT2D eigenvalue weighted by Crippen LogP contribution is -2.39. The third kappa shape index (κ3) is 4.28. The van der Waals surface area contributed by atoms with Crippen LogP contribution in [0.5, 0.6) is 11.5 Å². The van der Waals surface area contributed by atoms with Crippen LogP contribution in [0.3, 0.4) is 0 Å². The molecule has 7 rings (SSSR count). The fraction of sp³-hybridized carbons (Fsp3) is 0.310. The van der Waals surface area contributed by atoms with E-state index in [4.69, 9.17) is 14.5 Å². The fourth-order valence-corrected chi connectivity index (χ4v) is 5.47. The van der Waals surface area contributed by atoms with Gasteiger partial charge >= 0.3 is 0 Å². The number of nitrogens with one attached hydrogen (secondary N) is 1. The van der Waals surface area contributed by atoms with Crippen molar-refractivity contribution in [1.82, 2.24) is 24.2 Å². The molecule has 0 spiro atoms. The molecule has 11 heteroatoms. The molecule has 2 aromatic carbocycles. The number of hydrogen-bond donors (Lipinski definition) is 1. The lowest BCUT2D eigenvalue weighted by Gasteiger charge is -2.30. The normalized spacial score (nSPS) is 17.1. The summed E-state index contributed by atoms with van der Waals surface area (Å²) >= 11 is 0. The average molecular weight is 540 g/mol. The first-order valence-electron chi connectivity index (χ1n) is 13.5. The average Bonchev–Trinajstić information content (AvgIpc) is 3.08. The van der Waals surface area contributed by atoms with Crippen molar-refractivity contribution in [2.45, 2.75) is 25.9 Å². The number of allylic oxidation sites excluding steroid dienone is 2. The van der Waals surface area contributed by atoms with Crippen LogP contribution in [0.2, 0.25) is 0 Å². The van der Waals surface area contributed by atoms with Crippen molar-refractivity contribution >= 4 is 34.3 Å². The molecule has 40 heavy (non-hydrogen) atoms. The third-order valence-corrected chi connectivity index (χ3v) is 7.49. The molecule has 3 aliphatic heterocycles. The van der Waals surface area contributed by atoms with Gasteiger partial charge in [0.05, 0.1) is 17.9 Å². The Bertz CT molecular complexity index is 1720. The lowest BCUT2D eigenvalue weighted by molar-refractivity contribution is -0.121. The highest BCUT2D eigenvalue weighted by Gasteiger charge is 2.27. The van der Waals surface area contributed by atoms with Crippen molar-refractivity contribution in [3.05, 3.63) is 70.7 Å². The summed E-state index contributed by atoms with van der Waals surface area (Å²) in [6.45, 7) is 3.30. The van der Waals surface area contributed by atoms with E-state index < -0.39 is 0 Å². The first-order chi connectivity index (χ1) is 19.5. The topological polar surface area (TPSA) is 107 Å². The maximum atomic E-state index is 13.5. The van der Waals surface area contributed by atoms with Gasteiger partial charge < -0.3 is 19.7 Å². The molecule has 5 heterocycles. The first kappa shape index (κ1) is 24.4. The van der Waals surface area contributed by atoms with Crippen LogP contribution in [0.15, 0.2) is 59.5 Å². The van der Waals surface area contributed by atoms with Crippen LogP contribution < -0.4 is 25.2 Å². The summed E-state index contributed by atoms with van der Waals surface area (Å²) in [5, 5.41) is 3.72. The summed E-state index contributed by atoms with van der Waals surface area (Å²) in [5.41, 5.74) is 3.60. The summed E-state index contributed by atoms with van der Waals surface area (Å²) in [5.74, 6) is 1.82. The number of likely N-dealkylation sites (N-methyl/N-ethyl adjacent to an activating group) is 1. The number of nitrogens with zero attached hydrogens (tertiary/aromatic N) is 6. The smallest absolute Gasteiger partial charge is 0.278 e.